The van der Waals surface area contributed by atoms with E-state index in [9.17, 15) is 4.79 Å². The van der Waals surface area contributed by atoms with E-state index in [-0.39, 0.29) is 36.4 Å². The summed E-state index contributed by atoms with van der Waals surface area (Å²) in [4.78, 5) is 19.1. The van der Waals surface area contributed by atoms with Crippen LogP contribution in [0.15, 0.2) is 35.3 Å². The first-order chi connectivity index (χ1) is 14.6. The monoisotopic (exact) mass is 545 g/mol. The Morgan fingerprint density at radius 3 is 2.48 bits per heavy atom. The number of carbonyl (C=O) groups is 1. The number of hydrogen-bond acceptors (Lipinski definition) is 4. The van der Waals surface area contributed by atoms with E-state index in [1.807, 2.05) is 25.1 Å². The predicted molar refractivity (Wildman–Crippen MR) is 138 cm³/mol. The van der Waals surface area contributed by atoms with Crippen molar-refractivity contribution in [3.63, 3.8) is 0 Å². The van der Waals surface area contributed by atoms with Gasteiger partial charge in [0.05, 0.1) is 13.2 Å². The normalized spacial score (nSPS) is 15.8. The van der Waals surface area contributed by atoms with Crippen LogP contribution in [0.25, 0.3) is 0 Å². The van der Waals surface area contributed by atoms with Crippen molar-refractivity contribution in [1.82, 2.24) is 20.9 Å². The summed E-state index contributed by atoms with van der Waals surface area (Å²) in [6.07, 6.45) is 1.94. The largest absolute Gasteiger partial charge is 0.379 e. The van der Waals surface area contributed by atoms with Gasteiger partial charge < -0.3 is 20.7 Å². The van der Waals surface area contributed by atoms with E-state index in [0.29, 0.717) is 24.5 Å². The summed E-state index contributed by atoms with van der Waals surface area (Å²) in [7, 11) is 0. The molecule has 3 N–H and O–H groups in total. The second-order valence-electron chi connectivity index (χ2n) is 8.09. The molecule has 1 aromatic carbocycles. The molecule has 1 aliphatic heterocycles. The van der Waals surface area contributed by atoms with E-state index in [4.69, 9.17) is 4.74 Å². The Labute approximate surface area is 204 Å². The Hall–Kier alpha value is -1.39. The van der Waals surface area contributed by atoms with Crippen molar-refractivity contribution in [3.05, 3.63) is 35.9 Å². The van der Waals surface area contributed by atoms with Gasteiger partial charge in [-0.25, -0.2) is 4.99 Å². The molecular weight excluding hydrogens is 505 g/mol. The first kappa shape index (κ1) is 27.6. The molecule has 1 fully saturated rings. The van der Waals surface area contributed by atoms with E-state index in [1.54, 1.807) is 0 Å². The molecular formula is C23H40IN5O2. The molecule has 0 aromatic heterocycles. The van der Waals surface area contributed by atoms with Crippen molar-refractivity contribution in [1.29, 1.82) is 0 Å². The first-order valence-electron chi connectivity index (χ1n) is 11.2. The molecule has 0 aliphatic carbocycles. The summed E-state index contributed by atoms with van der Waals surface area (Å²) in [5.41, 5.74) is 1.22. The van der Waals surface area contributed by atoms with Crippen LogP contribution in [0.3, 0.4) is 0 Å². The topological polar surface area (TPSA) is 78.0 Å². The molecule has 0 radical (unpaired) electrons. The van der Waals surface area contributed by atoms with E-state index in [2.05, 4.69) is 51.8 Å². The summed E-state index contributed by atoms with van der Waals surface area (Å²) in [5.74, 6) is 1.25. The molecule has 176 valence electrons. The third-order valence-electron chi connectivity index (χ3n) is 5.11. The van der Waals surface area contributed by atoms with Gasteiger partial charge in [-0.05, 0) is 31.2 Å². The van der Waals surface area contributed by atoms with E-state index in [1.165, 1.54) is 5.56 Å². The lowest BCUT2D eigenvalue weighted by molar-refractivity contribution is -0.119. The Morgan fingerprint density at radius 1 is 1.13 bits per heavy atom. The minimum absolute atomic E-state index is 0. The number of carbonyl (C=O) groups excluding carboxylic acids is 1. The highest BCUT2D eigenvalue weighted by Gasteiger charge is 2.22. The molecule has 1 aliphatic rings. The third-order valence-corrected chi connectivity index (χ3v) is 5.11. The maximum atomic E-state index is 12.2. The Kier molecular flexibility index (Phi) is 14.5. The van der Waals surface area contributed by atoms with Gasteiger partial charge in [-0.1, -0.05) is 44.2 Å². The lowest BCUT2D eigenvalue weighted by Crippen LogP contribution is -2.51. The van der Waals surface area contributed by atoms with Gasteiger partial charge in [0.2, 0.25) is 5.91 Å². The van der Waals surface area contributed by atoms with Crippen LogP contribution in [0.4, 0.5) is 0 Å². The highest BCUT2D eigenvalue weighted by molar-refractivity contribution is 14.0. The Bertz CT molecular complexity index is 636. The number of morpholine rings is 1. The maximum Gasteiger partial charge on any atom is 0.241 e. The summed E-state index contributed by atoms with van der Waals surface area (Å²) in [5, 5.41) is 9.63. The van der Waals surface area contributed by atoms with E-state index < -0.39 is 0 Å². The molecule has 1 amide bonds. The molecule has 1 atom stereocenters. The van der Waals surface area contributed by atoms with Crippen molar-refractivity contribution >= 4 is 35.8 Å². The van der Waals surface area contributed by atoms with Gasteiger partial charge in [0.15, 0.2) is 5.96 Å². The first-order valence-corrected chi connectivity index (χ1v) is 11.2. The van der Waals surface area contributed by atoms with Gasteiger partial charge in [0.25, 0.3) is 0 Å². The highest BCUT2D eigenvalue weighted by atomic mass is 127. The maximum absolute atomic E-state index is 12.2. The number of nitrogens with zero attached hydrogens (tertiary/aromatic N) is 2. The molecule has 2 rings (SSSR count). The number of aliphatic imine (C=N–C) groups is 1. The zero-order valence-corrected chi connectivity index (χ0v) is 21.6. The van der Waals surface area contributed by atoms with E-state index in [0.717, 1.165) is 52.2 Å². The van der Waals surface area contributed by atoms with Crippen molar-refractivity contribution in [3.8, 4) is 0 Å². The van der Waals surface area contributed by atoms with Crippen molar-refractivity contribution in [2.24, 2.45) is 10.9 Å². The molecule has 1 unspecified atom stereocenters. The van der Waals surface area contributed by atoms with Gasteiger partial charge in [-0.15, -0.1) is 24.0 Å². The summed E-state index contributed by atoms with van der Waals surface area (Å²) >= 11 is 0. The van der Waals surface area contributed by atoms with Crippen molar-refractivity contribution in [2.45, 2.75) is 39.7 Å². The van der Waals surface area contributed by atoms with Crippen LogP contribution in [-0.4, -0.2) is 75.3 Å². The molecule has 1 aromatic rings. The molecule has 31 heavy (non-hydrogen) atoms. The molecule has 7 nitrogen and oxygen atoms in total. The number of rotatable bonds is 11. The fraction of sp³-hybridized carbons (Fsp3) is 0.652. The number of ether oxygens (including phenoxy) is 1. The molecule has 0 spiro atoms. The number of halogens is 1. The van der Waals surface area contributed by atoms with Crippen LogP contribution in [0.1, 0.15) is 32.8 Å². The number of nitrogens with one attached hydrogen (secondary N) is 3. The smallest absolute Gasteiger partial charge is 0.241 e. The van der Waals surface area contributed by atoms with Gasteiger partial charge in [-0.3, -0.25) is 9.69 Å². The lowest BCUT2D eigenvalue weighted by atomic mass is 10.0. The fourth-order valence-corrected chi connectivity index (χ4v) is 3.60. The van der Waals surface area contributed by atoms with Crippen LogP contribution in [0, 0.1) is 5.92 Å². The van der Waals surface area contributed by atoms with Crippen LogP contribution < -0.4 is 16.0 Å². The van der Waals surface area contributed by atoms with Gasteiger partial charge in [0.1, 0.15) is 6.54 Å². The summed E-state index contributed by atoms with van der Waals surface area (Å²) in [6, 6.07) is 10.6. The second kappa shape index (κ2) is 16.3. The number of benzene rings is 1. The van der Waals surface area contributed by atoms with Gasteiger partial charge in [-0.2, -0.15) is 0 Å². The number of hydrogen-bond donors (Lipinski definition) is 3. The van der Waals surface area contributed by atoms with E-state index >= 15 is 0 Å². The molecule has 8 heteroatoms. The molecule has 1 heterocycles. The number of amides is 1. The minimum atomic E-state index is -0.0601. The zero-order valence-electron chi connectivity index (χ0n) is 19.2. The van der Waals surface area contributed by atoms with Crippen LogP contribution in [-0.2, 0) is 16.0 Å². The fourth-order valence-electron chi connectivity index (χ4n) is 3.60. The molecule has 0 bridgehead atoms. The third kappa shape index (κ3) is 11.7. The minimum Gasteiger partial charge on any atom is -0.379 e. The van der Waals surface area contributed by atoms with Crippen LogP contribution in [0.5, 0.6) is 0 Å². The average molecular weight is 546 g/mol. The van der Waals surface area contributed by atoms with Gasteiger partial charge in [0, 0.05) is 38.8 Å². The predicted octanol–water partition coefficient (Wildman–Crippen LogP) is 2.27. The highest BCUT2D eigenvalue weighted by Crippen LogP contribution is 2.13. The average Bonchev–Trinajstić information content (AvgIpc) is 2.76. The Morgan fingerprint density at radius 2 is 1.84 bits per heavy atom. The Balaban J connectivity index is 0.00000480. The van der Waals surface area contributed by atoms with Crippen LogP contribution in [0.2, 0.25) is 0 Å². The van der Waals surface area contributed by atoms with Crippen LogP contribution >= 0.6 is 24.0 Å². The SMILES string of the molecule is CCNC(=NCC(=O)NCCc1ccccc1)NCC(CC(C)C)N1CCOCC1.I. The molecule has 0 saturated carbocycles. The summed E-state index contributed by atoms with van der Waals surface area (Å²) in [6.45, 7) is 12.4. The van der Waals surface area contributed by atoms with Crippen molar-refractivity contribution < 1.29 is 9.53 Å². The quantitative estimate of drug-likeness (QED) is 0.226. The standard InChI is InChI=1S/C23H39N5O2.HI/c1-4-24-23(26-17-21(16-19(2)3)28-12-14-30-15-13-28)27-18-22(29)25-11-10-20-8-6-5-7-9-20;/h5-9,19,21H,4,10-18H2,1-3H3,(H,25,29)(H2,24,26,27);1H. The van der Waals surface area contributed by atoms with Crippen molar-refractivity contribution in [2.75, 3.05) is 52.5 Å². The lowest BCUT2D eigenvalue weighted by Gasteiger charge is -2.35. The summed E-state index contributed by atoms with van der Waals surface area (Å²) < 4.78 is 5.50. The molecule has 1 saturated heterocycles. The van der Waals surface area contributed by atoms with Gasteiger partial charge >= 0.3 is 0 Å². The second-order valence-corrected chi connectivity index (χ2v) is 8.09. The zero-order chi connectivity index (χ0) is 21.6. The number of guanidine groups is 1.